The summed E-state index contributed by atoms with van der Waals surface area (Å²) in [5.41, 5.74) is 1.83. The average molecular weight is 162 g/mol. The van der Waals surface area contributed by atoms with Gasteiger partial charge in [0.2, 0.25) is 0 Å². The highest BCUT2D eigenvalue weighted by Crippen LogP contribution is 2.15. The molecule has 1 aromatic rings. The van der Waals surface area contributed by atoms with Gasteiger partial charge < -0.3 is 0 Å². The summed E-state index contributed by atoms with van der Waals surface area (Å²) in [6.45, 7) is 8.33. The van der Waals surface area contributed by atoms with Gasteiger partial charge in [-0.3, -0.25) is 4.68 Å². The van der Waals surface area contributed by atoms with Crippen molar-refractivity contribution in [3.8, 4) is 12.3 Å². The van der Waals surface area contributed by atoms with Gasteiger partial charge in [-0.05, 0) is 39.7 Å². The molecule has 64 valence electrons. The SMILES string of the molecule is C#Cc1cc(C)n(C(C)(C)C)n1. The molecule has 2 nitrogen and oxygen atoms in total. The Bertz CT molecular complexity index is 321. The van der Waals surface area contributed by atoms with Gasteiger partial charge in [-0.2, -0.15) is 5.10 Å². The van der Waals surface area contributed by atoms with Gasteiger partial charge in [0.15, 0.2) is 0 Å². The van der Waals surface area contributed by atoms with Gasteiger partial charge in [0, 0.05) is 5.69 Å². The van der Waals surface area contributed by atoms with Gasteiger partial charge in [-0.1, -0.05) is 0 Å². The van der Waals surface area contributed by atoms with Crippen LogP contribution < -0.4 is 0 Å². The molecule has 1 heterocycles. The molecule has 0 N–H and O–H groups in total. The quantitative estimate of drug-likeness (QED) is 0.533. The predicted octanol–water partition coefficient (Wildman–Crippen LogP) is 1.93. The van der Waals surface area contributed by atoms with Crippen LogP contribution in [-0.4, -0.2) is 9.78 Å². The standard InChI is InChI=1S/C10H14N2/c1-6-9-7-8(2)12(11-9)10(3,4)5/h1,7H,2-5H3. The lowest BCUT2D eigenvalue weighted by atomic mass is 10.1. The van der Waals surface area contributed by atoms with E-state index in [2.05, 4.69) is 31.8 Å². The molecule has 0 saturated carbocycles. The van der Waals surface area contributed by atoms with E-state index >= 15 is 0 Å². The normalized spacial score (nSPS) is 11.2. The minimum absolute atomic E-state index is 0.0131. The van der Waals surface area contributed by atoms with Gasteiger partial charge in [0.05, 0.1) is 5.54 Å². The van der Waals surface area contributed by atoms with Crippen molar-refractivity contribution in [2.45, 2.75) is 33.2 Å². The molecule has 0 atom stereocenters. The van der Waals surface area contributed by atoms with E-state index in [1.165, 1.54) is 0 Å². The number of hydrogen-bond acceptors (Lipinski definition) is 1. The highest BCUT2D eigenvalue weighted by molar-refractivity contribution is 5.26. The number of rotatable bonds is 0. The Morgan fingerprint density at radius 2 is 2.08 bits per heavy atom. The highest BCUT2D eigenvalue weighted by Gasteiger charge is 2.16. The minimum Gasteiger partial charge on any atom is -0.263 e. The predicted molar refractivity (Wildman–Crippen MR) is 49.9 cm³/mol. The van der Waals surface area contributed by atoms with E-state index in [0.717, 1.165) is 5.69 Å². The fourth-order valence-corrected chi connectivity index (χ4v) is 1.22. The summed E-state index contributed by atoms with van der Waals surface area (Å²) in [5, 5.41) is 4.28. The van der Waals surface area contributed by atoms with Crippen molar-refractivity contribution in [3.63, 3.8) is 0 Å². The highest BCUT2D eigenvalue weighted by atomic mass is 15.3. The van der Waals surface area contributed by atoms with E-state index in [0.29, 0.717) is 5.69 Å². The third kappa shape index (κ3) is 1.50. The van der Waals surface area contributed by atoms with Gasteiger partial charge in [0.1, 0.15) is 5.69 Å². The van der Waals surface area contributed by atoms with Crippen LogP contribution in [0.5, 0.6) is 0 Å². The Labute approximate surface area is 73.6 Å². The summed E-state index contributed by atoms with van der Waals surface area (Å²) in [4.78, 5) is 0. The fourth-order valence-electron chi connectivity index (χ4n) is 1.22. The number of aryl methyl sites for hydroxylation is 1. The van der Waals surface area contributed by atoms with Crippen LogP contribution in [0.4, 0.5) is 0 Å². The van der Waals surface area contributed by atoms with Crippen LogP contribution >= 0.6 is 0 Å². The van der Waals surface area contributed by atoms with Gasteiger partial charge in [-0.15, -0.1) is 6.42 Å². The largest absolute Gasteiger partial charge is 0.263 e. The molecule has 0 radical (unpaired) electrons. The van der Waals surface area contributed by atoms with Crippen molar-refractivity contribution in [1.82, 2.24) is 9.78 Å². The zero-order chi connectivity index (χ0) is 9.35. The van der Waals surface area contributed by atoms with Crippen LogP contribution in [0.15, 0.2) is 6.07 Å². The summed E-state index contributed by atoms with van der Waals surface area (Å²) in [6, 6.07) is 1.92. The molecule has 0 aliphatic carbocycles. The molecule has 0 fully saturated rings. The molecule has 0 unspecified atom stereocenters. The summed E-state index contributed by atoms with van der Waals surface area (Å²) >= 11 is 0. The lowest BCUT2D eigenvalue weighted by Crippen LogP contribution is -2.24. The first-order valence-electron chi connectivity index (χ1n) is 3.99. The lowest BCUT2D eigenvalue weighted by Gasteiger charge is -2.20. The van der Waals surface area contributed by atoms with E-state index in [1.807, 2.05) is 17.7 Å². The minimum atomic E-state index is 0.0131. The summed E-state index contributed by atoms with van der Waals surface area (Å²) in [5.74, 6) is 2.53. The molecule has 1 aromatic heterocycles. The van der Waals surface area contributed by atoms with Gasteiger partial charge in [-0.25, -0.2) is 0 Å². The van der Waals surface area contributed by atoms with Crippen LogP contribution in [0.1, 0.15) is 32.2 Å². The Kier molecular flexibility index (Phi) is 1.97. The van der Waals surface area contributed by atoms with Crippen molar-refractivity contribution in [3.05, 3.63) is 17.5 Å². The fraction of sp³-hybridized carbons (Fsp3) is 0.500. The van der Waals surface area contributed by atoms with Crippen LogP contribution in [0, 0.1) is 19.3 Å². The molecule has 0 aliphatic rings. The molecule has 0 spiro atoms. The van der Waals surface area contributed by atoms with E-state index in [1.54, 1.807) is 0 Å². The number of terminal acetylenes is 1. The Morgan fingerprint density at radius 1 is 1.50 bits per heavy atom. The molecule has 1 rings (SSSR count). The number of aromatic nitrogens is 2. The third-order valence-corrected chi connectivity index (χ3v) is 1.67. The second-order valence-electron chi connectivity index (χ2n) is 3.90. The molecule has 0 amide bonds. The smallest absolute Gasteiger partial charge is 0.135 e. The van der Waals surface area contributed by atoms with Crippen LogP contribution in [0.25, 0.3) is 0 Å². The van der Waals surface area contributed by atoms with Crippen LogP contribution in [0.3, 0.4) is 0 Å². The van der Waals surface area contributed by atoms with E-state index in [9.17, 15) is 0 Å². The number of hydrogen-bond donors (Lipinski definition) is 0. The van der Waals surface area contributed by atoms with E-state index in [-0.39, 0.29) is 5.54 Å². The second-order valence-corrected chi connectivity index (χ2v) is 3.90. The van der Waals surface area contributed by atoms with Crippen molar-refractivity contribution < 1.29 is 0 Å². The Morgan fingerprint density at radius 3 is 2.33 bits per heavy atom. The zero-order valence-corrected chi connectivity index (χ0v) is 8.05. The molecule has 0 bridgehead atoms. The van der Waals surface area contributed by atoms with Crippen LogP contribution in [-0.2, 0) is 5.54 Å². The van der Waals surface area contributed by atoms with Gasteiger partial charge >= 0.3 is 0 Å². The Hall–Kier alpha value is -1.23. The molecular weight excluding hydrogens is 148 g/mol. The van der Waals surface area contributed by atoms with Crippen LogP contribution in [0.2, 0.25) is 0 Å². The molecular formula is C10H14N2. The van der Waals surface area contributed by atoms with Crippen molar-refractivity contribution in [1.29, 1.82) is 0 Å². The molecule has 0 aromatic carbocycles. The maximum absolute atomic E-state index is 5.25. The van der Waals surface area contributed by atoms with Crippen molar-refractivity contribution in [2.24, 2.45) is 0 Å². The van der Waals surface area contributed by atoms with E-state index in [4.69, 9.17) is 6.42 Å². The second kappa shape index (κ2) is 2.67. The van der Waals surface area contributed by atoms with Crippen molar-refractivity contribution in [2.75, 3.05) is 0 Å². The third-order valence-electron chi connectivity index (χ3n) is 1.67. The lowest BCUT2D eigenvalue weighted by molar-refractivity contribution is 0.347. The molecule has 0 saturated heterocycles. The summed E-state index contributed by atoms with van der Waals surface area (Å²) in [6.07, 6.45) is 5.25. The Balaban J connectivity index is 3.19. The number of nitrogens with zero attached hydrogens (tertiary/aromatic N) is 2. The topological polar surface area (TPSA) is 17.8 Å². The maximum atomic E-state index is 5.25. The van der Waals surface area contributed by atoms with Gasteiger partial charge in [0.25, 0.3) is 0 Å². The van der Waals surface area contributed by atoms with Crippen molar-refractivity contribution >= 4 is 0 Å². The molecule has 0 aliphatic heterocycles. The summed E-state index contributed by atoms with van der Waals surface area (Å²) in [7, 11) is 0. The first-order chi connectivity index (χ1) is 5.45. The average Bonchev–Trinajstić information content (AvgIpc) is 2.29. The van der Waals surface area contributed by atoms with E-state index < -0.39 is 0 Å². The maximum Gasteiger partial charge on any atom is 0.135 e. The summed E-state index contributed by atoms with van der Waals surface area (Å²) < 4.78 is 1.95. The first-order valence-corrected chi connectivity index (χ1v) is 3.99. The molecule has 12 heavy (non-hydrogen) atoms. The molecule has 2 heteroatoms. The zero-order valence-electron chi connectivity index (χ0n) is 8.05. The first kappa shape index (κ1) is 8.86. The monoisotopic (exact) mass is 162 g/mol.